The Labute approximate surface area is 116 Å². The number of rotatable bonds is 2. The molecule has 2 aromatic heterocycles. The average Bonchev–Trinajstić information content (AvgIpc) is 2.84. The van der Waals surface area contributed by atoms with Crippen molar-refractivity contribution in [2.75, 3.05) is 24.5 Å². The van der Waals surface area contributed by atoms with E-state index in [-0.39, 0.29) is 11.7 Å². The summed E-state index contributed by atoms with van der Waals surface area (Å²) in [7, 11) is 0. The highest BCUT2D eigenvalue weighted by Crippen LogP contribution is 2.31. The Balaban J connectivity index is 1.98. The van der Waals surface area contributed by atoms with E-state index in [2.05, 4.69) is 34.1 Å². The van der Waals surface area contributed by atoms with Crippen LogP contribution in [0.5, 0.6) is 0 Å². The van der Waals surface area contributed by atoms with Gasteiger partial charge in [-0.25, -0.2) is 9.97 Å². The largest absolute Gasteiger partial charge is 0.367 e. The molecule has 1 aliphatic rings. The minimum Gasteiger partial charge on any atom is -0.367 e. The van der Waals surface area contributed by atoms with Crippen LogP contribution >= 0.6 is 11.3 Å². The fraction of sp³-hybridized carbons (Fsp3) is 0.538. The summed E-state index contributed by atoms with van der Waals surface area (Å²) >= 11 is 1.68. The molecule has 0 aliphatic carbocycles. The molecule has 102 valence electrons. The summed E-state index contributed by atoms with van der Waals surface area (Å²) < 4.78 is 7.10. The second kappa shape index (κ2) is 4.70. The molecule has 6 heteroatoms. The highest BCUT2D eigenvalue weighted by Gasteiger charge is 2.34. The van der Waals surface area contributed by atoms with Gasteiger partial charge in [-0.2, -0.15) is 0 Å². The monoisotopic (exact) mass is 278 g/mol. The maximum Gasteiger partial charge on any atom is 0.150 e. The molecule has 1 saturated heterocycles. The van der Waals surface area contributed by atoms with E-state index in [9.17, 15) is 0 Å². The van der Waals surface area contributed by atoms with Crippen molar-refractivity contribution in [1.29, 1.82) is 0 Å². The van der Waals surface area contributed by atoms with Crippen molar-refractivity contribution in [1.82, 2.24) is 9.97 Å². The number of fused-ring (bicyclic) bond motifs is 1. The number of nitrogens with two attached hydrogens (primary N) is 1. The molecule has 3 heterocycles. The van der Waals surface area contributed by atoms with Gasteiger partial charge in [0.25, 0.3) is 0 Å². The molecule has 1 unspecified atom stereocenters. The second-order valence-corrected chi connectivity index (χ2v) is 6.36. The molecular formula is C13H18N4OS. The van der Waals surface area contributed by atoms with Crippen LogP contribution in [0.25, 0.3) is 10.2 Å². The van der Waals surface area contributed by atoms with E-state index in [0.29, 0.717) is 6.54 Å². The summed E-state index contributed by atoms with van der Waals surface area (Å²) in [5.74, 6) is 0.995. The van der Waals surface area contributed by atoms with E-state index in [1.165, 1.54) is 0 Å². The van der Waals surface area contributed by atoms with Gasteiger partial charge in [0, 0.05) is 19.6 Å². The number of hydrogen-bond donors (Lipinski definition) is 1. The summed E-state index contributed by atoms with van der Waals surface area (Å²) in [6.45, 7) is 6.30. The van der Waals surface area contributed by atoms with E-state index >= 15 is 0 Å². The van der Waals surface area contributed by atoms with Crippen LogP contribution in [0, 0.1) is 0 Å². The molecule has 0 amide bonds. The van der Waals surface area contributed by atoms with Gasteiger partial charge in [-0.05, 0) is 25.3 Å². The van der Waals surface area contributed by atoms with Gasteiger partial charge < -0.3 is 15.4 Å². The van der Waals surface area contributed by atoms with Crippen LogP contribution in [0.2, 0.25) is 0 Å². The first-order valence-corrected chi connectivity index (χ1v) is 7.28. The van der Waals surface area contributed by atoms with E-state index < -0.39 is 0 Å². The molecule has 0 radical (unpaired) electrons. The lowest BCUT2D eigenvalue weighted by Gasteiger charge is -2.43. The maximum atomic E-state index is 5.96. The van der Waals surface area contributed by atoms with Crippen molar-refractivity contribution >= 4 is 27.4 Å². The average molecular weight is 278 g/mol. The number of ether oxygens (including phenoxy) is 1. The second-order valence-electron chi connectivity index (χ2n) is 5.45. The molecular weight excluding hydrogens is 260 g/mol. The quantitative estimate of drug-likeness (QED) is 0.904. The Morgan fingerprint density at radius 3 is 3.16 bits per heavy atom. The summed E-state index contributed by atoms with van der Waals surface area (Å²) in [5.41, 5.74) is 6.57. The van der Waals surface area contributed by atoms with Gasteiger partial charge in [-0.1, -0.05) is 0 Å². The smallest absolute Gasteiger partial charge is 0.150 e. The van der Waals surface area contributed by atoms with Crippen LogP contribution in [0.3, 0.4) is 0 Å². The third kappa shape index (κ3) is 2.43. The zero-order valence-corrected chi connectivity index (χ0v) is 12.0. The third-order valence-corrected chi connectivity index (χ3v) is 4.17. The van der Waals surface area contributed by atoms with Crippen molar-refractivity contribution in [2.45, 2.75) is 25.6 Å². The number of aromatic nitrogens is 2. The molecule has 2 N–H and O–H groups in total. The molecule has 3 rings (SSSR count). The summed E-state index contributed by atoms with van der Waals surface area (Å²) in [4.78, 5) is 11.0. The normalized spacial score (nSPS) is 22.9. The zero-order valence-electron chi connectivity index (χ0n) is 11.2. The predicted molar refractivity (Wildman–Crippen MR) is 77.6 cm³/mol. The molecule has 2 aromatic rings. The van der Waals surface area contributed by atoms with Gasteiger partial charge in [-0.3, -0.25) is 0 Å². The fourth-order valence-electron chi connectivity index (χ4n) is 2.58. The Morgan fingerprint density at radius 2 is 2.37 bits per heavy atom. The first kappa shape index (κ1) is 12.8. The number of nitrogens with zero attached hydrogens (tertiary/aromatic N) is 3. The molecule has 1 fully saturated rings. The molecule has 0 aromatic carbocycles. The van der Waals surface area contributed by atoms with Crippen molar-refractivity contribution < 1.29 is 4.74 Å². The molecule has 0 saturated carbocycles. The Bertz CT molecular complexity index is 583. The minimum absolute atomic E-state index is 0.0497. The summed E-state index contributed by atoms with van der Waals surface area (Å²) in [5, 5.41) is 2.05. The maximum absolute atomic E-state index is 5.96. The van der Waals surface area contributed by atoms with Gasteiger partial charge >= 0.3 is 0 Å². The molecule has 1 atom stereocenters. The Kier molecular flexibility index (Phi) is 3.16. The van der Waals surface area contributed by atoms with Crippen molar-refractivity contribution in [2.24, 2.45) is 5.73 Å². The van der Waals surface area contributed by atoms with Crippen molar-refractivity contribution in [3.8, 4) is 0 Å². The van der Waals surface area contributed by atoms with E-state index in [0.717, 1.165) is 29.1 Å². The summed E-state index contributed by atoms with van der Waals surface area (Å²) in [6.07, 6.45) is 1.68. The zero-order chi connectivity index (χ0) is 13.5. The highest BCUT2D eigenvalue weighted by atomic mass is 32.1. The lowest BCUT2D eigenvalue weighted by atomic mass is 10.1. The third-order valence-electron chi connectivity index (χ3n) is 3.27. The molecule has 1 aliphatic heterocycles. The topological polar surface area (TPSA) is 64.3 Å². The van der Waals surface area contributed by atoms with Crippen LogP contribution in [-0.2, 0) is 4.74 Å². The minimum atomic E-state index is -0.211. The lowest BCUT2D eigenvalue weighted by molar-refractivity contribution is -0.0789. The van der Waals surface area contributed by atoms with E-state index in [1.807, 2.05) is 6.07 Å². The van der Waals surface area contributed by atoms with E-state index in [1.54, 1.807) is 17.7 Å². The van der Waals surface area contributed by atoms with Crippen LogP contribution in [0.4, 0.5) is 5.82 Å². The molecule has 5 nitrogen and oxygen atoms in total. The van der Waals surface area contributed by atoms with Gasteiger partial charge in [0.15, 0.2) is 0 Å². The van der Waals surface area contributed by atoms with Crippen LogP contribution in [0.15, 0.2) is 17.8 Å². The lowest BCUT2D eigenvalue weighted by Crippen LogP contribution is -2.55. The highest BCUT2D eigenvalue weighted by molar-refractivity contribution is 7.17. The van der Waals surface area contributed by atoms with Crippen LogP contribution in [-0.4, -0.2) is 41.3 Å². The van der Waals surface area contributed by atoms with Gasteiger partial charge in [-0.15, -0.1) is 11.3 Å². The van der Waals surface area contributed by atoms with Crippen molar-refractivity contribution in [3.05, 3.63) is 17.8 Å². The molecule has 19 heavy (non-hydrogen) atoms. The van der Waals surface area contributed by atoms with Gasteiger partial charge in [0.2, 0.25) is 0 Å². The van der Waals surface area contributed by atoms with Crippen LogP contribution in [0.1, 0.15) is 13.8 Å². The van der Waals surface area contributed by atoms with Crippen molar-refractivity contribution in [3.63, 3.8) is 0 Å². The summed E-state index contributed by atoms with van der Waals surface area (Å²) in [6, 6.07) is 2.02. The fourth-order valence-corrected chi connectivity index (χ4v) is 3.44. The number of morpholine rings is 1. The molecule has 0 spiro atoms. The first-order chi connectivity index (χ1) is 9.09. The number of anilines is 1. The molecule has 0 bridgehead atoms. The van der Waals surface area contributed by atoms with Gasteiger partial charge in [0.05, 0.1) is 21.9 Å². The first-order valence-electron chi connectivity index (χ1n) is 6.40. The number of hydrogen-bond acceptors (Lipinski definition) is 6. The Hall–Kier alpha value is -1.24. The standard InChI is InChI=1S/C13H18N4OS/c1-13(2)7-17(6-9(5-14)18-13)12-11-10(3-4-19-11)15-8-16-12/h3-4,8-9H,5-7,14H2,1-2H3. The van der Waals surface area contributed by atoms with Gasteiger partial charge in [0.1, 0.15) is 12.1 Å². The van der Waals surface area contributed by atoms with Crippen LogP contribution < -0.4 is 10.6 Å². The SMILES string of the molecule is CC1(C)CN(c2ncnc3ccsc23)CC(CN)O1. The predicted octanol–water partition coefficient (Wildman–Crippen LogP) is 1.63. The van der Waals surface area contributed by atoms with E-state index in [4.69, 9.17) is 10.5 Å². The Morgan fingerprint density at radius 1 is 1.53 bits per heavy atom. The number of thiophene rings is 1.